The van der Waals surface area contributed by atoms with Crippen LogP contribution in [0.25, 0.3) is 16.7 Å². The van der Waals surface area contributed by atoms with Gasteiger partial charge in [0.15, 0.2) is 0 Å². The van der Waals surface area contributed by atoms with Crippen LogP contribution in [0.1, 0.15) is 27.9 Å². The number of hydrogen-bond acceptors (Lipinski definition) is 5. The average Bonchev–Trinajstić information content (AvgIpc) is 2.78. The quantitative estimate of drug-likeness (QED) is 0.415. The first-order valence-corrected chi connectivity index (χ1v) is 10.0. The lowest BCUT2D eigenvalue weighted by Crippen LogP contribution is -2.35. The number of aromatic nitrogens is 3. The van der Waals surface area contributed by atoms with E-state index in [0.717, 1.165) is 11.1 Å². The lowest BCUT2D eigenvalue weighted by Gasteiger charge is -2.15. The van der Waals surface area contributed by atoms with Crippen molar-refractivity contribution in [2.75, 3.05) is 6.61 Å². The highest BCUT2D eigenvalue weighted by Crippen LogP contribution is 2.13. The third-order valence-electron chi connectivity index (χ3n) is 5.21. The van der Waals surface area contributed by atoms with E-state index in [0.29, 0.717) is 24.3 Å². The van der Waals surface area contributed by atoms with Gasteiger partial charge in [0.1, 0.15) is 16.8 Å². The van der Waals surface area contributed by atoms with Gasteiger partial charge in [-0.2, -0.15) is 0 Å². The Balaban J connectivity index is 1.88. The standard InChI is InChI=1S/C23H23N5O3/c1-15-7-5-10-28-20(15)26-21-18(23(28)31)13-17(19(24)27(21)11-6-12-29)22(30)25-14-16-8-3-2-4-9-16/h2-5,7-10,13,24,29H,6,11-12,14H2,1H3,(H,25,30). The number of benzene rings is 1. The van der Waals surface area contributed by atoms with Crippen LogP contribution in [0.5, 0.6) is 0 Å². The van der Waals surface area contributed by atoms with Crippen molar-refractivity contribution in [3.05, 3.63) is 87.3 Å². The highest BCUT2D eigenvalue weighted by molar-refractivity contribution is 5.96. The maximum absolute atomic E-state index is 13.2. The van der Waals surface area contributed by atoms with Gasteiger partial charge in [0.2, 0.25) is 0 Å². The van der Waals surface area contributed by atoms with E-state index >= 15 is 0 Å². The molecule has 0 radical (unpaired) electrons. The van der Waals surface area contributed by atoms with Gasteiger partial charge in [-0.1, -0.05) is 36.4 Å². The van der Waals surface area contributed by atoms with Crippen molar-refractivity contribution < 1.29 is 9.90 Å². The number of nitrogens with zero attached hydrogens (tertiary/aromatic N) is 3. The molecule has 0 aliphatic rings. The molecule has 0 saturated heterocycles. The number of carbonyl (C=O) groups excluding carboxylic acids is 1. The van der Waals surface area contributed by atoms with Crippen LogP contribution in [0.2, 0.25) is 0 Å². The molecule has 0 aliphatic carbocycles. The molecule has 0 unspecified atom stereocenters. The number of rotatable bonds is 6. The Kier molecular flexibility index (Phi) is 5.64. The first-order chi connectivity index (χ1) is 15.0. The molecule has 8 heteroatoms. The fourth-order valence-corrected chi connectivity index (χ4v) is 3.59. The third kappa shape index (κ3) is 3.85. The lowest BCUT2D eigenvalue weighted by atomic mass is 10.1. The predicted molar refractivity (Wildman–Crippen MR) is 117 cm³/mol. The minimum atomic E-state index is -0.442. The van der Waals surface area contributed by atoms with Gasteiger partial charge < -0.3 is 15.0 Å². The summed E-state index contributed by atoms with van der Waals surface area (Å²) in [4.78, 5) is 30.8. The van der Waals surface area contributed by atoms with E-state index in [1.54, 1.807) is 12.3 Å². The van der Waals surface area contributed by atoms with Gasteiger partial charge in [-0.05, 0) is 36.6 Å². The second-order valence-corrected chi connectivity index (χ2v) is 7.34. The topological polar surface area (TPSA) is 112 Å². The summed E-state index contributed by atoms with van der Waals surface area (Å²) >= 11 is 0. The normalized spacial score (nSPS) is 11.2. The highest BCUT2D eigenvalue weighted by Gasteiger charge is 2.17. The minimum absolute atomic E-state index is 0.0451. The van der Waals surface area contributed by atoms with Crippen LogP contribution in [-0.2, 0) is 13.1 Å². The molecule has 0 aliphatic heterocycles. The molecule has 0 fully saturated rings. The second kappa shape index (κ2) is 8.53. The van der Waals surface area contributed by atoms with Crippen LogP contribution in [0.3, 0.4) is 0 Å². The molecule has 0 saturated carbocycles. The van der Waals surface area contributed by atoms with Crippen molar-refractivity contribution >= 4 is 22.6 Å². The van der Waals surface area contributed by atoms with Crippen LogP contribution < -0.4 is 16.4 Å². The SMILES string of the molecule is Cc1cccn2c(=O)c3cc(C(=O)NCc4ccccc4)c(=N)n(CCCO)c3nc12. The van der Waals surface area contributed by atoms with Gasteiger partial charge in [0.05, 0.1) is 10.9 Å². The van der Waals surface area contributed by atoms with Gasteiger partial charge in [-0.15, -0.1) is 0 Å². The Morgan fingerprint density at radius 2 is 1.94 bits per heavy atom. The fourth-order valence-electron chi connectivity index (χ4n) is 3.59. The first kappa shape index (κ1) is 20.5. The molecule has 3 heterocycles. The zero-order valence-corrected chi connectivity index (χ0v) is 17.1. The van der Waals surface area contributed by atoms with E-state index in [2.05, 4.69) is 10.3 Å². The Bertz CT molecular complexity index is 1390. The van der Waals surface area contributed by atoms with E-state index in [-0.39, 0.29) is 35.1 Å². The van der Waals surface area contributed by atoms with E-state index in [9.17, 15) is 14.7 Å². The molecule has 0 atom stereocenters. The van der Waals surface area contributed by atoms with Crippen LogP contribution in [0.4, 0.5) is 0 Å². The molecule has 4 aromatic rings. The Morgan fingerprint density at radius 3 is 2.68 bits per heavy atom. The monoisotopic (exact) mass is 417 g/mol. The van der Waals surface area contributed by atoms with E-state index in [1.807, 2.05) is 43.3 Å². The zero-order valence-electron chi connectivity index (χ0n) is 17.1. The number of hydrogen-bond donors (Lipinski definition) is 3. The lowest BCUT2D eigenvalue weighted by molar-refractivity contribution is 0.0948. The first-order valence-electron chi connectivity index (χ1n) is 10.0. The highest BCUT2D eigenvalue weighted by atomic mass is 16.3. The van der Waals surface area contributed by atoms with E-state index < -0.39 is 5.91 Å². The van der Waals surface area contributed by atoms with Gasteiger partial charge in [0.25, 0.3) is 11.5 Å². The molecule has 1 amide bonds. The third-order valence-corrected chi connectivity index (χ3v) is 5.21. The molecule has 0 bridgehead atoms. The molecule has 158 valence electrons. The smallest absolute Gasteiger partial charge is 0.267 e. The van der Waals surface area contributed by atoms with Crippen molar-refractivity contribution in [3.63, 3.8) is 0 Å². The van der Waals surface area contributed by atoms with Gasteiger partial charge >= 0.3 is 0 Å². The Labute approximate surface area is 177 Å². The summed E-state index contributed by atoms with van der Waals surface area (Å²) in [5.74, 6) is -0.442. The summed E-state index contributed by atoms with van der Waals surface area (Å²) < 4.78 is 2.97. The van der Waals surface area contributed by atoms with Crippen LogP contribution in [0, 0.1) is 12.3 Å². The fraction of sp³-hybridized carbons (Fsp3) is 0.217. The maximum atomic E-state index is 13.2. The maximum Gasteiger partial charge on any atom is 0.267 e. The summed E-state index contributed by atoms with van der Waals surface area (Å²) in [7, 11) is 0. The van der Waals surface area contributed by atoms with Crippen molar-refractivity contribution in [2.45, 2.75) is 26.4 Å². The molecular weight excluding hydrogens is 394 g/mol. The van der Waals surface area contributed by atoms with Crippen molar-refractivity contribution in [3.8, 4) is 0 Å². The van der Waals surface area contributed by atoms with Gasteiger partial charge in [-0.25, -0.2) is 4.98 Å². The van der Waals surface area contributed by atoms with Crippen LogP contribution in [-0.4, -0.2) is 31.6 Å². The predicted octanol–water partition coefficient (Wildman–Crippen LogP) is 1.75. The Morgan fingerprint density at radius 1 is 1.16 bits per heavy atom. The number of aryl methyl sites for hydroxylation is 2. The van der Waals surface area contributed by atoms with Crippen molar-refractivity contribution in [1.82, 2.24) is 19.3 Å². The number of pyridine rings is 2. The number of carbonyl (C=O) groups is 1. The second-order valence-electron chi connectivity index (χ2n) is 7.34. The van der Waals surface area contributed by atoms with E-state index in [4.69, 9.17) is 5.41 Å². The number of nitrogens with one attached hydrogen (secondary N) is 2. The summed E-state index contributed by atoms with van der Waals surface area (Å²) in [6, 6.07) is 14.5. The minimum Gasteiger partial charge on any atom is -0.396 e. The molecule has 1 aromatic carbocycles. The largest absolute Gasteiger partial charge is 0.396 e. The zero-order chi connectivity index (χ0) is 22.0. The molecule has 0 spiro atoms. The summed E-state index contributed by atoms with van der Waals surface area (Å²) in [5.41, 5.74) is 2.32. The van der Waals surface area contributed by atoms with Crippen molar-refractivity contribution in [1.29, 1.82) is 5.41 Å². The van der Waals surface area contributed by atoms with Gasteiger partial charge in [0, 0.05) is 25.9 Å². The Hall–Kier alpha value is -3.78. The number of aliphatic hydroxyl groups excluding tert-OH is 1. The van der Waals surface area contributed by atoms with Gasteiger partial charge in [-0.3, -0.25) is 19.4 Å². The molecule has 8 nitrogen and oxygen atoms in total. The molecule has 4 rings (SSSR count). The van der Waals surface area contributed by atoms with Crippen molar-refractivity contribution in [2.24, 2.45) is 0 Å². The summed E-state index contributed by atoms with van der Waals surface area (Å²) in [6.07, 6.45) is 2.01. The average molecular weight is 417 g/mol. The molecular formula is C23H23N5O3. The number of aliphatic hydroxyl groups is 1. The molecule has 3 N–H and O–H groups in total. The summed E-state index contributed by atoms with van der Waals surface area (Å²) in [5, 5.41) is 21.0. The molecule has 3 aromatic heterocycles. The summed E-state index contributed by atoms with van der Waals surface area (Å²) in [6.45, 7) is 2.35. The molecule has 31 heavy (non-hydrogen) atoms. The number of fused-ring (bicyclic) bond motifs is 2. The van der Waals surface area contributed by atoms with Crippen LogP contribution >= 0.6 is 0 Å². The number of amides is 1. The van der Waals surface area contributed by atoms with E-state index in [1.165, 1.54) is 15.0 Å². The van der Waals surface area contributed by atoms with Crippen LogP contribution in [0.15, 0.2) is 59.5 Å².